The third kappa shape index (κ3) is 4.72. The van der Waals surface area contributed by atoms with E-state index >= 15 is 0 Å². The van der Waals surface area contributed by atoms with Crippen LogP contribution >= 0.6 is 23.7 Å². The van der Waals surface area contributed by atoms with Crippen molar-refractivity contribution in [2.75, 3.05) is 32.4 Å². The van der Waals surface area contributed by atoms with Gasteiger partial charge >= 0.3 is 0 Å². The summed E-state index contributed by atoms with van der Waals surface area (Å²) >= 11 is 1.62. The quantitative estimate of drug-likeness (QED) is 0.864. The smallest absolute Gasteiger partial charge is 0.214 e. The molecule has 0 aliphatic carbocycles. The molecular weight excluding hydrogens is 304 g/mol. The molecule has 1 unspecified atom stereocenters. The van der Waals surface area contributed by atoms with Crippen LogP contribution in [0.1, 0.15) is 11.3 Å². The van der Waals surface area contributed by atoms with Gasteiger partial charge in [0.1, 0.15) is 0 Å². The molecule has 0 saturated carbocycles. The molecule has 19 heavy (non-hydrogen) atoms. The highest BCUT2D eigenvalue weighted by molar-refractivity contribution is 7.89. The molecule has 1 aliphatic heterocycles. The summed E-state index contributed by atoms with van der Waals surface area (Å²) in [7, 11) is -1.16. The number of nitrogens with one attached hydrogen (secondary N) is 1. The Balaban J connectivity index is 0.00000180. The summed E-state index contributed by atoms with van der Waals surface area (Å²) in [5.41, 5.74) is 0. The summed E-state index contributed by atoms with van der Waals surface area (Å²) in [6, 6.07) is 3.96. The fourth-order valence-electron chi connectivity index (χ4n) is 2.32. The summed E-state index contributed by atoms with van der Waals surface area (Å²) in [4.78, 5) is 1.14. The highest BCUT2D eigenvalue weighted by Crippen LogP contribution is 2.20. The van der Waals surface area contributed by atoms with E-state index in [-0.39, 0.29) is 18.2 Å². The van der Waals surface area contributed by atoms with Crippen molar-refractivity contribution in [3.63, 3.8) is 0 Å². The predicted octanol–water partition coefficient (Wildman–Crippen LogP) is 1.58. The second-order valence-electron chi connectivity index (χ2n) is 4.72. The summed E-state index contributed by atoms with van der Waals surface area (Å²) in [5.74, 6) is 0.700. The SMILES string of the molecule is CNCC1CCN(S(=O)(=O)CCc2cccs2)C1.Cl. The molecule has 1 aliphatic rings. The Kier molecular flexibility index (Phi) is 6.76. The Bertz CT molecular complexity index is 462. The van der Waals surface area contributed by atoms with Crippen LogP contribution in [-0.4, -0.2) is 45.2 Å². The number of aryl methyl sites for hydroxylation is 1. The van der Waals surface area contributed by atoms with Crippen molar-refractivity contribution in [2.24, 2.45) is 5.92 Å². The summed E-state index contributed by atoms with van der Waals surface area (Å²) in [6.07, 6.45) is 1.60. The molecule has 1 fully saturated rings. The van der Waals surface area contributed by atoms with Gasteiger partial charge in [-0.15, -0.1) is 23.7 Å². The number of thiophene rings is 1. The topological polar surface area (TPSA) is 49.4 Å². The van der Waals surface area contributed by atoms with Gasteiger partial charge in [-0.1, -0.05) is 6.07 Å². The molecule has 0 aromatic carbocycles. The van der Waals surface area contributed by atoms with Gasteiger partial charge in [0.05, 0.1) is 5.75 Å². The van der Waals surface area contributed by atoms with E-state index in [1.807, 2.05) is 24.6 Å². The Labute approximate surface area is 125 Å². The van der Waals surface area contributed by atoms with Gasteiger partial charge in [0, 0.05) is 18.0 Å². The Morgan fingerprint density at radius 3 is 2.95 bits per heavy atom. The number of nitrogens with zero attached hydrogens (tertiary/aromatic N) is 1. The van der Waals surface area contributed by atoms with Crippen molar-refractivity contribution < 1.29 is 8.42 Å². The standard InChI is InChI=1S/C12H20N2O2S2.ClH/c1-13-9-11-4-6-14(10-11)18(15,16)8-5-12-3-2-7-17-12;/h2-3,7,11,13H,4-6,8-10H2,1H3;1H. The van der Waals surface area contributed by atoms with Crippen LogP contribution in [0.15, 0.2) is 17.5 Å². The molecule has 0 radical (unpaired) electrons. The molecule has 4 nitrogen and oxygen atoms in total. The summed E-state index contributed by atoms with van der Waals surface area (Å²) < 4.78 is 26.0. The molecule has 0 amide bonds. The van der Waals surface area contributed by atoms with Crippen molar-refractivity contribution in [3.8, 4) is 0 Å². The van der Waals surface area contributed by atoms with Gasteiger partial charge in [0.15, 0.2) is 0 Å². The first-order valence-electron chi connectivity index (χ1n) is 6.26. The van der Waals surface area contributed by atoms with Gasteiger partial charge in [0.2, 0.25) is 10.0 Å². The van der Waals surface area contributed by atoms with Crippen LogP contribution in [-0.2, 0) is 16.4 Å². The second kappa shape index (κ2) is 7.59. The number of halogens is 1. The molecule has 0 bridgehead atoms. The van der Waals surface area contributed by atoms with E-state index in [1.54, 1.807) is 15.6 Å². The van der Waals surface area contributed by atoms with E-state index in [4.69, 9.17) is 0 Å². The van der Waals surface area contributed by atoms with Crippen LogP contribution in [0.25, 0.3) is 0 Å². The van der Waals surface area contributed by atoms with E-state index in [0.29, 0.717) is 25.4 Å². The minimum absolute atomic E-state index is 0. The lowest BCUT2D eigenvalue weighted by Crippen LogP contribution is -2.32. The fraction of sp³-hybridized carbons (Fsp3) is 0.667. The monoisotopic (exact) mass is 324 g/mol. The van der Waals surface area contributed by atoms with Crippen molar-refractivity contribution in [1.82, 2.24) is 9.62 Å². The normalized spacial score (nSPS) is 20.4. The number of hydrogen-bond donors (Lipinski definition) is 1. The highest BCUT2D eigenvalue weighted by atomic mass is 35.5. The van der Waals surface area contributed by atoms with E-state index in [9.17, 15) is 8.42 Å². The van der Waals surface area contributed by atoms with Crippen molar-refractivity contribution in [2.45, 2.75) is 12.8 Å². The zero-order chi connectivity index (χ0) is 13.0. The first kappa shape index (κ1) is 16.9. The minimum atomic E-state index is -3.08. The first-order chi connectivity index (χ1) is 8.62. The second-order valence-corrected chi connectivity index (χ2v) is 7.84. The molecule has 2 heterocycles. The maximum Gasteiger partial charge on any atom is 0.214 e. The minimum Gasteiger partial charge on any atom is -0.319 e. The molecule has 7 heteroatoms. The van der Waals surface area contributed by atoms with Gasteiger partial charge in [-0.25, -0.2) is 12.7 Å². The zero-order valence-electron chi connectivity index (χ0n) is 11.0. The molecule has 1 saturated heterocycles. The van der Waals surface area contributed by atoms with E-state index < -0.39 is 10.0 Å². The summed E-state index contributed by atoms with van der Waals surface area (Å²) in [6.45, 7) is 2.25. The maximum atomic E-state index is 12.2. The van der Waals surface area contributed by atoms with Gasteiger partial charge in [-0.3, -0.25) is 0 Å². The molecule has 0 spiro atoms. The average Bonchev–Trinajstić information content (AvgIpc) is 2.98. The Hall–Kier alpha value is -0.140. The van der Waals surface area contributed by atoms with Gasteiger partial charge in [-0.2, -0.15) is 0 Å². The van der Waals surface area contributed by atoms with E-state index in [0.717, 1.165) is 17.8 Å². The van der Waals surface area contributed by atoms with Gasteiger partial charge in [0.25, 0.3) is 0 Å². The molecule has 1 atom stereocenters. The van der Waals surface area contributed by atoms with Crippen LogP contribution in [0.2, 0.25) is 0 Å². The van der Waals surface area contributed by atoms with Crippen LogP contribution < -0.4 is 5.32 Å². The van der Waals surface area contributed by atoms with Crippen LogP contribution in [0, 0.1) is 5.92 Å². The largest absolute Gasteiger partial charge is 0.319 e. The zero-order valence-corrected chi connectivity index (χ0v) is 13.5. The molecule has 1 aromatic heterocycles. The molecular formula is C12H21ClN2O2S2. The highest BCUT2D eigenvalue weighted by Gasteiger charge is 2.30. The number of hydrogen-bond acceptors (Lipinski definition) is 4. The Morgan fingerprint density at radius 1 is 1.53 bits per heavy atom. The molecule has 2 rings (SSSR count). The lowest BCUT2D eigenvalue weighted by Gasteiger charge is -2.16. The fourth-order valence-corrected chi connectivity index (χ4v) is 4.71. The lowest BCUT2D eigenvalue weighted by atomic mass is 10.1. The number of rotatable bonds is 6. The van der Waals surface area contributed by atoms with Gasteiger partial charge < -0.3 is 5.32 Å². The van der Waals surface area contributed by atoms with Gasteiger partial charge in [-0.05, 0) is 43.8 Å². The third-order valence-electron chi connectivity index (χ3n) is 3.32. The lowest BCUT2D eigenvalue weighted by molar-refractivity contribution is 0.451. The number of sulfonamides is 1. The molecule has 1 N–H and O–H groups in total. The summed E-state index contributed by atoms with van der Waals surface area (Å²) in [5, 5.41) is 5.10. The van der Waals surface area contributed by atoms with Crippen molar-refractivity contribution >= 4 is 33.8 Å². The van der Waals surface area contributed by atoms with Crippen molar-refractivity contribution in [1.29, 1.82) is 0 Å². The molecule has 110 valence electrons. The average molecular weight is 325 g/mol. The van der Waals surface area contributed by atoms with Crippen LogP contribution in [0.4, 0.5) is 0 Å². The molecule has 1 aromatic rings. The van der Waals surface area contributed by atoms with Crippen molar-refractivity contribution in [3.05, 3.63) is 22.4 Å². The van der Waals surface area contributed by atoms with Crippen LogP contribution in [0.5, 0.6) is 0 Å². The third-order valence-corrected chi connectivity index (χ3v) is 6.10. The van der Waals surface area contributed by atoms with E-state index in [1.165, 1.54) is 0 Å². The maximum absolute atomic E-state index is 12.2. The van der Waals surface area contributed by atoms with E-state index in [2.05, 4.69) is 5.32 Å². The van der Waals surface area contributed by atoms with Crippen LogP contribution in [0.3, 0.4) is 0 Å². The Morgan fingerprint density at radius 2 is 2.32 bits per heavy atom. The predicted molar refractivity (Wildman–Crippen MR) is 82.7 cm³/mol. The first-order valence-corrected chi connectivity index (χ1v) is 8.75.